The number of esters is 1. The zero-order valence-corrected chi connectivity index (χ0v) is 12.3. The highest BCUT2D eigenvalue weighted by Crippen LogP contribution is 2.23. The monoisotopic (exact) mass is 281 g/mol. The molecule has 6 heteroatoms. The topological polar surface area (TPSA) is 76.8 Å². The van der Waals surface area contributed by atoms with Crippen LogP contribution in [0.15, 0.2) is 18.2 Å². The Bertz CT molecular complexity index is 436. The number of para-hydroxylation sites is 1. The van der Waals surface area contributed by atoms with Crippen molar-refractivity contribution >= 4 is 17.3 Å². The molecule has 0 radical (unpaired) electrons. The van der Waals surface area contributed by atoms with E-state index in [2.05, 4.69) is 15.0 Å². The first kappa shape index (κ1) is 16.3. The lowest BCUT2D eigenvalue weighted by atomic mass is 10.1. The van der Waals surface area contributed by atoms with Gasteiger partial charge in [0.1, 0.15) is 0 Å². The predicted octanol–water partition coefficient (Wildman–Crippen LogP) is 1.05. The molecule has 0 heterocycles. The van der Waals surface area contributed by atoms with Gasteiger partial charge in [-0.25, -0.2) is 4.79 Å². The number of rotatable bonds is 8. The molecule has 0 aliphatic rings. The number of benzene rings is 1. The van der Waals surface area contributed by atoms with Crippen molar-refractivity contribution in [2.45, 2.75) is 0 Å². The Balaban J connectivity index is 2.43. The summed E-state index contributed by atoms with van der Waals surface area (Å²) in [6, 6.07) is 5.22. The lowest BCUT2D eigenvalue weighted by molar-refractivity contribution is 0.0602. The van der Waals surface area contributed by atoms with Crippen LogP contribution < -0.4 is 11.1 Å². The van der Waals surface area contributed by atoms with Gasteiger partial charge in [-0.15, -0.1) is 0 Å². The Morgan fingerprint density at radius 1 is 1.35 bits per heavy atom. The number of ether oxygens (including phenoxy) is 2. The van der Waals surface area contributed by atoms with Crippen LogP contribution in [0.25, 0.3) is 0 Å². The molecule has 0 saturated heterocycles. The molecule has 1 rings (SSSR count). The molecule has 0 bridgehead atoms. The first-order chi connectivity index (χ1) is 9.56. The second kappa shape index (κ2) is 8.39. The zero-order chi connectivity index (χ0) is 15.0. The van der Waals surface area contributed by atoms with Gasteiger partial charge in [-0.1, -0.05) is 6.07 Å². The zero-order valence-electron chi connectivity index (χ0n) is 12.3. The number of hydrogen-bond donors (Lipinski definition) is 2. The van der Waals surface area contributed by atoms with Crippen LogP contribution >= 0.6 is 0 Å². The molecule has 0 saturated carbocycles. The van der Waals surface area contributed by atoms with Gasteiger partial charge in [0.2, 0.25) is 0 Å². The lowest BCUT2D eigenvalue weighted by Gasteiger charge is -2.13. The molecule has 3 N–H and O–H groups in total. The summed E-state index contributed by atoms with van der Waals surface area (Å²) in [6.07, 6.45) is 0. The van der Waals surface area contributed by atoms with Gasteiger partial charge in [0, 0.05) is 13.1 Å². The molecule has 20 heavy (non-hydrogen) atoms. The van der Waals surface area contributed by atoms with Crippen molar-refractivity contribution in [3.63, 3.8) is 0 Å². The van der Waals surface area contributed by atoms with Crippen LogP contribution in [0.2, 0.25) is 0 Å². The van der Waals surface area contributed by atoms with Crippen LogP contribution in [0.1, 0.15) is 10.4 Å². The minimum Gasteiger partial charge on any atom is -0.465 e. The molecular weight excluding hydrogens is 258 g/mol. The summed E-state index contributed by atoms with van der Waals surface area (Å²) in [5.41, 5.74) is 7.40. The van der Waals surface area contributed by atoms with Crippen LogP contribution in [0, 0.1) is 0 Å². The molecule has 112 valence electrons. The molecule has 0 aromatic heterocycles. The molecule has 0 aliphatic heterocycles. The Kier molecular flexibility index (Phi) is 6.83. The SMILES string of the molecule is COC(=O)c1cccc(NCCOCCN(C)C)c1N. The molecular formula is C14H23N3O3. The molecule has 0 aliphatic carbocycles. The third kappa shape index (κ3) is 5.07. The average Bonchev–Trinajstić information content (AvgIpc) is 2.43. The maximum Gasteiger partial charge on any atom is 0.340 e. The fourth-order valence-corrected chi connectivity index (χ4v) is 1.61. The average molecular weight is 281 g/mol. The Morgan fingerprint density at radius 2 is 2.10 bits per heavy atom. The second-order valence-electron chi connectivity index (χ2n) is 4.60. The van der Waals surface area contributed by atoms with E-state index >= 15 is 0 Å². The van der Waals surface area contributed by atoms with E-state index in [1.54, 1.807) is 12.1 Å². The van der Waals surface area contributed by atoms with Crippen molar-refractivity contribution in [1.82, 2.24) is 4.90 Å². The molecule has 0 atom stereocenters. The summed E-state index contributed by atoms with van der Waals surface area (Å²) in [4.78, 5) is 13.6. The molecule has 1 aromatic carbocycles. The molecule has 6 nitrogen and oxygen atoms in total. The van der Waals surface area contributed by atoms with Gasteiger partial charge in [-0.05, 0) is 26.2 Å². The third-order valence-electron chi connectivity index (χ3n) is 2.76. The van der Waals surface area contributed by atoms with Crippen LogP contribution in [0.3, 0.4) is 0 Å². The van der Waals surface area contributed by atoms with Crippen molar-refractivity contribution in [3.8, 4) is 0 Å². The van der Waals surface area contributed by atoms with E-state index in [4.69, 9.17) is 10.5 Å². The highest BCUT2D eigenvalue weighted by atomic mass is 16.5. The van der Waals surface area contributed by atoms with E-state index in [1.807, 2.05) is 20.2 Å². The molecule has 0 amide bonds. The van der Waals surface area contributed by atoms with E-state index in [9.17, 15) is 4.79 Å². The summed E-state index contributed by atoms with van der Waals surface area (Å²) < 4.78 is 10.1. The summed E-state index contributed by atoms with van der Waals surface area (Å²) >= 11 is 0. The van der Waals surface area contributed by atoms with E-state index in [0.29, 0.717) is 36.7 Å². The number of methoxy groups -OCH3 is 1. The van der Waals surface area contributed by atoms with E-state index < -0.39 is 5.97 Å². The summed E-state index contributed by atoms with van der Waals surface area (Å²) in [6.45, 7) is 2.78. The quantitative estimate of drug-likeness (QED) is 0.421. The van der Waals surface area contributed by atoms with Crippen molar-refractivity contribution in [3.05, 3.63) is 23.8 Å². The van der Waals surface area contributed by atoms with Gasteiger partial charge >= 0.3 is 5.97 Å². The number of anilines is 2. The number of nitrogens with zero attached hydrogens (tertiary/aromatic N) is 1. The summed E-state index contributed by atoms with van der Waals surface area (Å²) in [5.74, 6) is -0.437. The van der Waals surface area contributed by atoms with Crippen LogP contribution in [-0.2, 0) is 9.47 Å². The van der Waals surface area contributed by atoms with Gasteiger partial charge in [0.25, 0.3) is 0 Å². The lowest BCUT2D eigenvalue weighted by Crippen LogP contribution is -2.20. The van der Waals surface area contributed by atoms with E-state index in [0.717, 1.165) is 6.54 Å². The minimum absolute atomic E-state index is 0.367. The fourth-order valence-electron chi connectivity index (χ4n) is 1.61. The van der Waals surface area contributed by atoms with Gasteiger partial charge in [0.05, 0.1) is 37.3 Å². The smallest absolute Gasteiger partial charge is 0.340 e. The van der Waals surface area contributed by atoms with Crippen LogP contribution in [0.5, 0.6) is 0 Å². The van der Waals surface area contributed by atoms with E-state index in [1.165, 1.54) is 7.11 Å². The van der Waals surface area contributed by atoms with Crippen molar-refractivity contribution in [1.29, 1.82) is 0 Å². The number of carbonyl (C=O) groups excluding carboxylic acids is 1. The number of nitrogens with two attached hydrogens (primary N) is 1. The Morgan fingerprint density at radius 3 is 2.75 bits per heavy atom. The largest absolute Gasteiger partial charge is 0.465 e. The molecule has 0 spiro atoms. The van der Waals surface area contributed by atoms with Gasteiger partial charge in [0.15, 0.2) is 0 Å². The second-order valence-corrected chi connectivity index (χ2v) is 4.60. The third-order valence-corrected chi connectivity index (χ3v) is 2.76. The number of nitrogen functional groups attached to an aromatic ring is 1. The maximum atomic E-state index is 11.5. The van der Waals surface area contributed by atoms with Crippen LogP contribution in [0.4, 0.5) is 11.4 Å². The highest BCUT2D eigenvalue weighted by molar-refractivity contribution is 5.98. The Labute approximate surface area is 119 Å². The maximum absolute atomic E-state index is 11.5. The predicted molar refractivity (Wildman–Crippen MR) is 80.1 cm³/mol. The normalized spacial score (nSPS) is 10.6. The number of carbonyl (C=O) groups is 1. The molecule has 0 unspecified atom stereocenters. The van der Waals surface area contributed by atoms with Crippen molar-refractivity contribution in [2.24, 2.45) is 0 Å². The Hall–Kier alpha value is -1.79. The first-order valence-corrected chi connectivity index (χ1v) is 6.49. The first-order valence-electron chi connectivity index (χ1n) is 6.49. The van der Waals surface area contributed by atoms with Crippen molar-refractivity contribution in [2.75, 3.05) is 58.6 Å². The highest BCUT2D eigenvalue weighted by Gasteiger charge is 2.12. The van der Waals surface area contributed by atoms with Crippen LogP contribution in [-0.4, -0.2) is 58.4 Å². The van der Waals surface area contributed by atoms with E-state index in [-0.39, 0.29) is 0 Å². The van der Waals surface area contributed by atoms with Crippen molar-refractivity contribution < 1.29 is 14.3 Å². The van der Waals surface area contributed by atoms with Gasteiger partial charge in [-0.2, -0.15) is 0 Å². The number of hydrogen-bond acceptors (Lipinski definition) is 6. The fraction of sp³-hybridized carbons (Fsp3) is 0.500. The number of likely N-dealkylation sites (N-methyl/N-ethyl adjacent to an activating group) is 1. The summed E-state index contributed by atoms with van der Waals surface area (Å²) in [7, 11) is 5.34. The van der Waals surface area contributed by atoms with Gasteiger partial charge < -0.3 is 25.4 Å². The summed E-state index contributed by atoms with van der Waals surface area (Å²) in [5, 5.41) is 3.15. The minimum atomic E-state index is -0.437. The number of nitrogens with one attached hydrogen (secondary N) is 1. The van der Waals surface area contributed by atoms with Gasteiger partial charge in [-0.3, -0.25) is 0 Å². The standard InChI is InChI=1S/C14H23N3O3/c1-17(2)8-10-20-9-7-16-12-6-4-5-11(13(12)15)14(18)19-3/h4-6,16H,7-10,15H2,1-3H3. The molecule has 1 aromatic rings. The molecule has 0 fully saturated rings.